The molecule has 19 heavy (non-hydrogen) atoms. The van der Waals surface area contributed by atoms with E-state index in [2.05, 4.69) is 0 Å². The molecule has 0 bridgehead atoms. The Morgan fingerprint density at radius 3 is 2.89 bits per heavy atom. The number of anilines is 1. The predicted octanol–water partition coefficient (Wildman–Crippen LogP) is 1.92. The monoisotopic (exact) mass is 283 g/mol. The van der Waals surface area contributed by atoms with E-state index in [1.165, 1.54) is 0 Å². The van der Waals surface area contributed by atoms with Crippen LogP contribution in [-0.4, -0.2) is 42.0 Å². The van der Waals surface area contributed by atoms with E-state index < -0.39 is 6.10 Å². The molecule has 1 fully saturated rings. The van der Waals surface area contributed by atoms with Crippen LogP contribution in [0, 0.1) is 0 Å². The van der Waals surface area contributed by atoms with E-state index >= 15 is 0 Å². The third-order valence-electron chi connectivity index (χ3n) is 2.96. The second-order valence-corrected chi connectivity index (χ2v) is 5.78. The van der Waals surface area contributed by atoms with Gasteiger partial charge in [-0.1, -0.05) is 0 Å². The molecule has 0 aromatic heterocycles. The summed E-state index contributed by atoms with van der Waals surface area (Å²) in [5, 5.41) is 9.83. The van der Waals surface area contributed by atoms with Gasteiger partial charge in [-0.2, -0.15) is 11.8 Å². The fraction of sp³-hybridized carbons (Fsp3) is 0.571. The number of hydrogen-bond donors (Lipinski definition) is 2. The molecule has 0 spiro atoms. The van der Waals surface area contributed by atoms with E-state index in [0.717, 1.165) is 31.0 Å². The van der Waals surface area contributed by atoms with Crippen LogP contribution in [0.4, 0.5) is 5.69 Å². The Labute approximate surface area is 118 Å². The van der Waals surface area contributed by atoms with Gasteiger partial charge in [-0.3, -0.25) is 0 Å². The minimum Gasteiger partial charge on any atom is -0.491 e. The number of aliphatic hydroxyl groups is 1. The first-order valence-electron chi connectivity index (χ1n) is 6.60. The molecule has 1 aromatic carbocycles. The van der Waals surface area contributed by atoms with Crippen molar-refractivity contribution in [2.45, 2.75) is 25.0 Å². The number of aliphatic hydroxyl groups excluding tert-OH is 1. The normalized spacial score (nSPS) is 20.4. The van der Waals surface area contributed by atoms with Gasteiger partial charge in [0.25, 0.3) is 0 Å². The van der Waals surface area contributed by atoms with E-state index in [0.29, 0.717) is 24.2 Å². The lowest BCUT2D eigenvalue weighted by atomic mass is 10.3. The summed E-state index contributed by atoms with van der Waals surface area (Å²) in [6, 6.07) is 7.19. The second-order valence-electron chi connectivity index (χ2n) is 4.71. The summed E-state index contributed by atoms with van der Waals surface area (Å²) in [5.74, 6) is 2.37. The zero-order valence-corrected chi connectivity index (χ0v) is 11.8. The molecule has 2 unspecified atom stereocenters. The van der Waals surface area contributed by atoms with Gasteiger partial charge in [-0.05, 0) is 37.1 Å². The van der Waals surface area contributed by atoms with Gasteiger partial charge in [-0.25, -0.2) is 0 Å². The first-order chi connectivity index (χ1) is 9.24. The summed E-state index contributed by atoms with van der Waals surface area (Å²) in [4.78, 5) is 0. The zero-order chi connectivity index (χ0) is 13.5. The number of benzene rings is 1. The molecular weight excluding hydrogens is 262 g/mol. The van der Waals surface area contributed by atoms with Crippen LogP contribution in [0.25, 0.3) is 0 Å². The third-order valence-corrected chi connectivity index (χ3v) is 4.19. The number of nitrogens with two attached hydrogens (primary N) is 1. The summed E-state index contributed by atoms with van der Waals surface area (Å²) in [7, 11) is 0. The number of ether oxygens (including phenoxy) is 2. The zero-order valence-electron chi connectivity index (χ0n) is 11.0. The Balaban J connectivity index is 1.58. The first-order valence-corrected chi connectivity index (χ1v) is 7.75. The molecule has 5 heteroatoms. The standard InChI is InChI=1S/C14H21NO3S/c15-11-3-5-13(6-4-11)18-8-12(16)9-19-10-14-2-1-7-17-14/h3-6,12,14,16H,1-2,7-10,15H2. The molecule has 2 rings (SSSR count). The van der Waals surface area contributed by atoms with E-state index in [-0.39, 0.29) is 0 Å². The van der Waals surface area contributed by atoms with Crippen LogP contribution in [0.1, 0.15) is 12.8 Å². The van der Waals surface area contributed by atoms with Gasteiger partial charge in [0.05, 0.1) is 12.2 Å². The van der Waals surface area contributed by atoms with Crippen LogP contribution in [0.5, 0.6) is 5.75 Å². The smallest absolute Gasteiger partial charge is 0.119 e. The van der Waals surface area contributed by atoms with Crippen LogP contribution in [0.15, 0.2) is 24.3 Å². The highest BCUT2D eigenvalue weighted by atomic mass is 32.2. The van der Waals surface area contributed by atoms with Crippen molar-refractivity contribution in [1.82, 2.24) is 0 Å². The maximum absolute atomic E-state index is 9.83. The minimum absolute atomic E-state index is 0.308. The van der Waals surface area contributed by atoms with Crippen LogP contribution in [0.3, 0.4) is 0 Å². The SMILES string of the molecule is Nc1ccc(OCC(O)CSCC2CCCO2)cc1. The van der Waals surface area contributed by atoms with E-state index in [1.807, 2.05) is 12.1 Å². The van der Waals surface area contributed by atoms with E-state index in [4.69, 9.17) is 15.2 Å². The fourth-order valence-corrected chi connectivity index (χ4v) is 2.95. The van der Waals surface area contributed by atoms with Gasteiger partial charge < -0.3 is 20.3 Å². The molecule has 2 atom stereocenters. The molecule has 4 nitrogen and oxygen atoms in total. The van der Waals surface area contributed by atoms with Crippen LogP contribution >= 0.6 is 11.8 Å². The molecule has 1 saturated heterocycles. The third kappa shape index (κ3) is 5.30. The van der Waals surface area contributed by atoms with Gasteiger partial charge in [0.15, 0.2) is 0 Å². The van der Waals surface area contributed by atoms with Gasteiger partial charge in [0.2, 0.25) is 0 Å². The van der Waals surface area contributed by atoms with Crippen molar-refractivity contribution in [3.05, 3.63) is 24.3 Å². The highest BCUT2D eigenvalue weighted by molar-refractivity contribution is 7.99. The molecule has 0 aliphatic carbocycles. The molecule has 1 aliphatic heterocycles. The Hall–Kier alpha value is -0.910. The topological polar surface area (TPSA) is 64.7 Å². The van der Waals surface area contributed by atoms with Gasteiger partial charge >= 0.3 is 0 Å². The Bertz CT molecular complexity index is 365. The highest BCUT2D eigenvalue weighted by Crippen LogP contribution is 2.18. The Kier molecular flexibility index (Phi) is 5.82. The molecular formula is C14H21NO3S. The Morgan fingerprint density at radius 2 is 2.21 bits per heavy atom. The van der Waals surface area contributed by atoms with Crippen LogP contribution < -0.4 is 10.5 Å². The maximum Gasteiger partial charge on any atom is 0.119 e. The summed E-state index contributed by atoms with van der Waals surface area (Å²) >= 11 is 1.72. The molecule has 0 radical (unpaired) electrons. The fourth-order valence-electron chi connectivity index (χ4n) is 1.92. The molecule has 1 aromatic rings. The van der Waals surface area contributed by atoms with Crippen LogP contribution in [-0.2, 0) is 4.74 Å². The summed E-state index contributed by atoms with van der Waals surface area (Å²) in [6.45, 7) is 1.19. The lowest BCUT2D eigenvalue weighted by Crippen LogP contribution is -2.21. The van der Waals surface area contributed by atoms with Gasteiger partial charge in [0, 0.05) is 23.8 Å². The van der Waals surface area contributed by atoms with Crippen molar-refractivity contribution in [2.24, 2.45) is 0 Å². The average molecular weight is 283 g/mol. The van der Waals surface area contributed by atoms with Crippen LogP contribution in [0.2, 0.25) is 0 Å². The number of thioether (sulfide) groups is 1. The predicted molar refractivity (Wildman–Crippen MR) is 78.7 cm³/mol. The first kappa shape index (κ1) is 14.5. The summed E-state index contributed by atoms with van der Waals surface area (Å²) < 4.78 is 11.0. The second kappa shape index (κ2) is 7.62. The molecule has 3 N–H and O–H groups in total. The maximum atomic E-state index is 9.83. The lowest BCUT2D eigenvalue weighted by Gasteiger charge is -2.13. The van der Waals surface area contributed by atoms with Crippen molar-refractivity contribution in [2.75, 3.05) is 30.5 Å². The Morgan fingerprint density at radius 1 is 1.42 bits per heavy atom. The van der Waals surface area contributed by atoms with Crippen molar-refractivity contribution >= 4 is 17.4 Å². The molecule has 106 valence electrons. The van der Waals surface area contributed by atoms with E-state index in [9.17, 15) is 5.11 Å². The van der Waals surface area contributed by atoms with Gasteiger partial charge in [-0.15, -0.1) is 0 Å². The van der Waals surface area contributed by atoms with E-state index in [1.54, 1.807) is 23.9 Å². The summed E-state index contributed by atoms with van der Waals surface area (Å²) in [6.07, 6.45) is 2.22. The number of nitrogen functional groups attached to an aromatic ring is 1. The van der Waals surface area contributed by atoms with Crippen molar-refractivity contribution < 1.29 is 14.6 Å². The largest absolute Gasteiger partial charge is 0.491 e. The van der Waals surface area contributed by atoms with Crippen molar-refractivity contribution in [3.63, 3.8) is 0 Å². The van der Waals surface area contributed by atoms with Crippen molar-refractivity contribution in [1.29, 1.82) is 0 Å². The minimum atomic E-state index is -0.455. The summed E-state index contributed by atoms with van der Waals surface area (Å²) in [5.41, 5.74) is 6.30. The number of rotatable bonds is 7. The van der Waals surface area contributed by atoms with Crippen molar-refractivity contribution in [3.8, 4) is 5.75 Å². The molecule has 1 aliphatic rings. The molecule has 0 saturated carbocycles. The quantitative estimate of drug-likeness (QED) is 0.749. The average Bonchev–Trinajstić information content (AvgIpc) is 2.91. The highest BCUT2D eigenvalue weighted by Gasteiger charge is 2.16. The molecule has 1 heterocycles. The lowest BCUT2D eigenvalue weighted by molar-refractivity contribution is 0.123. The molecule has 0 amide bonds. The van der Waals surface area contributed by atoms with Gasteiger partial charge in [0.1, 0.15) is 12.4 Å². The number of hydrogen-bond acceptors (Lipinski definition) is 5.